The molecule has 4 aromatic rings. The number of ether oxygens (including phenoxy) is 1. The zero-order valence-corrected chi connectivity index (χ0v) is 20.5. The molecule has 4 N–H and O–H groups in total. The number of nitrogens with one attached hydrogen (secondary N) is 3. The number of aromatic nitrogens is 1. The summed E-state index contributed by atoms with van der Waals surface area (Å²) in [5, 5.41) is 16.7. The first kappa shape index (κ1) is 25.0. The molecule has 7 nitrogen and oxygen atoms in total. The molecule has 0 radical (unpaired) electrons. The zero-order valence-electron chi connectivity index (χ0n) is 20.5. The average Bonchev–Trinajstić information content (AvgIpc) is 3.33. The standard InChI is InChI=1S/C29H31N3O4.H2/c1-3-14-36-27-13-12-21(19-8-10-20(11-9-19)28(34)30-2)16-25(27)29(35)32-23(18-33)15-22-17-31-26-7-5-4-6-24(22)26;/h4-13,16-17,23,31,33H,3,14-15,18H2,1-2H3,(H,30,34)(H,32,35);1H/t23-;/m0./s1. The molecule has 0 aliphatic carbocycles. The Morgan fingerprint density at radius 2 is 1.78 bits per heavy atom. The van der Waals surface area contributed by atoms with Gasteiger partial charge in [0, 0.05) is 31.1 Å². The lowest BCUT2D eigenvalue weighted by molar-refractivity contribution is 0.0911. The third-order valence-electron chi connectivity index (χ3n) is 6.09. The van der Waals surface area contributed by atoms with Gasteiger partial charge in [0.2, 0.25) is 0 Å². The molecule has 0 unspecified atom stereocenters. The average molecular weight is 488 g/mol. The van der Waals surface area contributed by atoms with Gasteiger partial charge >= 0.3 is 0 Å². The summed E-state index contributed by atoms with van der Waals surface area (Å²) in [6.07, 6.45) is 3.21. The van der Waals surface area contributed by atoms with Crippen LogP contribution in [0.2, 0.25) is 0 Å². The maximum atomic E-state index is 13.4. The van der Waals surface area contributed by atoms with Crippen molar-refractivity contribution in [3.63, 3.8) is 0 Å². The van der Waals surface area contributed by atoms with Crippen LogP contribution in [0.1, 0.15) is 41.1 Å². The third kappa shape index (κ3) is 5.58. The number of hydrogen-bond donors (Lipinski definition) is 4. The van der Waals surface area contributed by atoms with Gasteiger partial charge in [-0.05, 0) is 59.9 Å². The quantitative estimate of drug-likeness (QED) is 0.263. The van der Waals surface area contributed by atoms with Gasteiger partial charge in [0.15, 0.2) is 0 Å². The normalized spacial score (nSPS) is 11.8. The van der Waals surface area contributed by atoms with E-state index in [1.807, 2.05) is 55.6 Å². The van der Waals surface area contributed by atoms with Gasteiger partial charge in [-0.1, -0.05) is 43.3 Å². The van der Waals surface area contributed by atoms with Gasteiger partial charge in [-0.2, -0.15) is 0 Å². The summed E-state index contributed by atoms with van der Waals surface area (Å²) in [6, 6.07) is 20.1. The first-order valence-corrected chi connectivity index (χ1v) is 12.1. The van der Waals surface area contributed by atoms with E-state index in [2.05, 4.69) is 15.6 Å². The first-order valence-electron chi connectivity index (χ1n) is 12.1. The fourth-order valence-corrected chi connectivity index (χ4v) is 4.17. The molecule has 0 saturated carbocycles. The first-order chi connectivity index (χ1) is 17.5. The topological polar surface area (TPSA) is 103 Å². The number of fused-ring (bicyclic) bond motifs is 1. The summed E-state index contributed by atoms with van der Waals surface area (Å²) < 4.78 is 5.86. The lowest BCUT2D eigenvalue weighted by Crippen LogP contribution is -2.39. The summed E-state index contributed by atoms with van der Waals surface area (Å²) in [7, 11) is 1.59. The van der Waals surface area contributed by atoms with Gasteiger partial charge in [0.1, 0.15) is 5.75 Å². The molecule has 0 saturated heterocycles. The fourth-order valence-electron chi connectivity index (χ4n) is 4.17. The van der Waals surface area contributed by atoms with Gasteiger partial charge in [-0.15, -0.1) is 0 Å². The van der Waals surface area contributed by atoms with E-state index in [4.69, 9.17) is 4.74 Å². The number of carbonyl (C=O) groups is 2. The van der Waals surface area contributed by atoms with E-state index >= 15 is 0 Å². The molecule has 0 fully saturated rings. The van der Waals surface area contributed by atoms with Crippen LogP contribution >= 0.6 is 0 Å². The zero-order chi connectivity index (χ0) is 25.5. The Kier molecular flexibility index (Phi) is 8.02. The highest BCUT2D eigenvalue weighted by Gasteiger charge is 2.20. The molecular formula is C29H33N3O4. The number of H-pyrrole nitrogens is 1. The predicted octanol–water partition coefficient (Wildman–Crippen LogP) is 4.56. The lowest BCUT2D eigenvalue weighted by atomic mass is 10.00. The minimum absolute atomic E-state index is 0. The molecule has 4 rings (SSSR count). The molecule has 0 aliphatic heterocycles. The van der Waals surface area contributed by atoms with E-state index in [1.54, 1.807) is 31.3 Å². The minimum Gasteiger partial charge on any atom is -0.493 e. The number of hydrogen-bond acceptors (Lipinski definition) is 4. The van der Waals surface area contributed by atoms with Crippen molar-refractivity contribution < 1.29 is 20.9 Å². The van der Waals surface area contributed by atoms with Crippen molar-refractivity contribution in [2.45, 2.75) is 25.8 Å². The lowest BCUT2D eigenvalue weighted by Gasteiger charge is -2.18. The molecule has 1 aromatic heterocycles. The predicted molar refractivity (Wildman–Crippen MR) is 144 cm³/mol. The molecule has 0 spiro atoms. The van der Waals surface area contributed by atoms with E-state index < -0.39 is 6.04 Å². The smallest absolute Gasteiger partial charge is 0.255 e. The second-order valence-corrected chi connectivity index (χ2v) is 8.63. The minimum atomic E-state index is -0.466. The largest absolute Gasteiger partial charge is 0.493 e. The Hall–Kier alpha value is -4.10. The number of carbonyl (C=O) groups excluding carboxylic acids is 2. The van der Waals surface area contributed by atoms with Gasteiger partial charge in [-0.3, -0.25) is 9.59 Å². The maximum absolute atomic E-state index is 13.4. The molecule has 1 atom stereocenters. The number of amides is 2. The highest BCUT2D eigenvalue weighted by atomic mass is 16.5. The number of aliphatic hydroxyl groups is 1. The highest BCUT2D eigenvalue weighted by Crippen LogP contribution is 2.28. The van der Waals surface area contributed by atoms with Gasteiger partial charge in [0.05, 0.1) is 24.8 Å². The Labute approximate surface area is 212 Å². The van der Waals surface area contributed by atoms with Crippen LogP contribution in [0.5, 0.6) is 5.75 Å². The molecule has 188 valence electrons. The van der Waals surface area contributed by atoms with Crippen molar-refractivity contribution in [1.29, 1.82) is 0 Å². The Balaban J connectivity index is 0.00000380. The molecule has 7 heteroatoms. The number of para-hydroxylation sites is 1. The van der Waals surface area contributed by atoms with Gasteiger partial charge in [0.25, 0.3) is 11.8 Å². The third-order valence-corrected chi connectivity index (χ3v) is 6.09. The van der Waals surface area contributed by atoms with Crippen molar-refractivity contribution in [3.05, 3.63) is 89.6 Å². The van der Waals surface area contributed by atoms with Crippen molar-refractivity contribution in [3.8, 4) is 16.9 Å². The molecule has 3 aromatic carbocycles. The highest BCUT2D eigenvalue weighted by molar-refractivity contribution is 5.99. The van der Waals surface area contributed by atoms with Crippen LogP contribution in [0.25, 0.3) is 22.0 Å². The Morgan fingerprint density at radius 3 is 2.50 bits per heavy atom. The van der Waals surface area contributed by atoms with E-state index in [9.17, 15) is 14.7 Å². The van der Waals surface area contributed by atoms with Crippen LogP contribution in [0, 0.1) is 0 Å². The van der Waals surface area contributed by atoms with E-state index in [0.29, 0.717) is 29.9 Å². The van der Waals surface area contributed by atoms with Crippen molar-refractivity contribution in [2.75, 3.05) is 20.3 Å². The molecule has 1 heterocycles. The number of benzene rings is 3. The van der Waals surface area contributed by atoms with Crippen LogP contribution in [0.4, 0.5) is 0 Å². The molecule has 0 aliphatic rings. The Bertz CT molecular complexity index is 1350. The monoisotopic (exact) mass is 487 g/mol. The Morgan fingerprint density at radius 1 is 1.03 bits per heavy atom. The molecular weight excluding hydrogens is 454 g/mol. The van der Waals surface area contributed by atoms with Crippen LogP contribution < -0.4 is 15.4 Å². The second kappa shape index (κ2) is 11.6. The van der Waals surface area contributed by atoms with Gasteiger partial charge in [-0.25, -0.2) is 0 Å². The van der Waals surface area contributed by atoms with E-state index in [-0.39, 0.29) is 19.8 Å². The summed E-state index contributed by atoms with van der Waals surface area (Å²) in [5.41, 5.74) is 4.69. The summed E-state index contributed by atoms with van der Waals surface area (Å²) >= 11 is 0. The summed E-state index contributed by atoms with van der Waals surface area (Å²) in [5.74, 6) is 0.0165. The SMILES string of the molecule is CCCOc1ccc(-c2ccc(C(=O)NC)cc2)cc1C(=O)N[C@H](CO)Cc1c[nH]c2ccccc12.[HH]. The van der Waals surface area contributed by atoms with Crippen LogP contribution in [-0.2, 0) is 6.42 Å². The van der Waals surface area contributed by atoms with Crippen LogP contribution in [0.3, 0.4) is 0 Å². The number of aromatic amines is 1. The second-order valence-electron chi connectivity index (χ2n) is 8.63. The van der Waals surface area contributed by atoms with Gasteiger partial charge < -0.3 is 25.5 Å². The summed E-state index contributed by atoms with van der Waals surface area (Å²) in [4.78, 5) is 28.5. The molecule has 0 bridgehead atoms. The van der Waals surface area contributed by atoms with Crippen molar-refractivity contribution >= 4 is 22.7 Å². The van der Waals surface area contributed by atoms with Crippen LogP contribution in [0.15, 0.2) is 72.9 Å². The number of aliphatic hydroxyl groups excluding tert-OH is 1. The molecule has 2 amide bonds. The van der Waals surface area contributed by atoms with E-state index in [1.165, 1.54) is 0 Å². The maximum Gasteiger partial charge on any atom is 0.255 e. The number of rotatable bonds is 10. The molecule has 36 heavy (non-hydrogen) atoms. The van der Waals surface area contributed by atoms with Crippen LogP contribution in [-0.4, -0.2) is 48.2 Å². The summed E-state index contributed by atoms with van der Waals surface area (Å²) in [6.45, 7) is 2.29. The fraction of sp³-hybridized carbons (Fsp3) is 0.241. The van der Waals surface area contributed by atoms with E-state index in [0.717, 1.165) is 34.0 Å². The van der Waals surface area contributed by atoms with Crippen molar-refractivity contribution in [1.82, 2.24) is 15.6 Å². The van der Waals surface area contributed by atoms with Crippen molar-refractivity contribution in [2.24, 2.45) is 0 Å².